The summed E-state index contributed by atoms with van der Waals surface area (Å²) < 4.78 is 6.19. The zero-order chi connectivity index (χ0) is 23.4. The first-order valence-corrected chi connectivity index (χ1v) is 11.7. The van der Waals surface area contributed by atoms with Gasteiger partial charge < -0.3 is 15.0 Å². The molecule has 3 heterocycles. The number of aromatic nitrogens is 2. The Morgan fingerprint density at radius 1 is 1.06 bits per heavy atom. The number of amides is 2. The Morgan fingerprint density at radius 2 is 1.76 bits per heavy atom. The van der Waals surface area contributed by atoms with E-state index >= 15 is 0 Å². The van der Waals surface area contributed by atoms with E-state index in [0.29, 0.717) is 25.2 Å². The van der Waals surface area contributed by atoms with Crippen molar-refractivity contribution in [3.63, 3.8) is 0 Å². The molecule has 8 heteroatoms. The summed E-state index contributed by atoms with van der Waals surface area (Å²) in [7, 11) is 0. The molecule has 4 rings (SSSR count). The van der Waals surface area contributed by atoms with Gasteiger partial charge in [0.1, 0.15) is 11.9 Å². The van der Waals surface area contributed by atoms with Gasteiger partial charge in [-0.1, -0.05) is 20.8 Å². The molecule has 2 aliphatic rings. The summed E-state index contributed by atoms with van der Waals surface area (Å²) in [4.78, 5) is 29.2. The predicted octanol–water partition coefficient (Wildman–Crippen LogP) is 3.17. The number of carbonyl (C=O) groups excluding carboxylic acids is 2. The van der Waals surface area contributed by atoms with Crippen molar-refractivity contribution in [1.29, 1.82) is 0 Å². The molecule has 2 fully saturated rings. The van der Waals surface area contributed by atoms with Crippen LogP contribution in [0.5, 0.6) is 5.75 Å². The molecule has 33 heavy (non-hydrogen) atoms. The van der Waals surface area contributed by atoms with Crippen molar-refractivity contribution in [3.05, 3.63) is 42.7 Å². The maximum absolute atomic E-state index is 13.1. The van der Waals surface area contributed by atoms with Crippen LogP contribution in [-0.2, 0) is 9.59 Å². The average Bonchev–Trinajstić information content (AvgIpc) is 2.74. The van der Waals surface area contributed by atoms with Crippen molar-refractivity contribution in [2.75, 3.05) is 31.1 Å². The molecular formula is C25H33N5O3. The maximum atomic E-state index is 13.1. The topological polar surface area (TPSA) is 87.7 Å². The van der Waals surface area contributed by atoms with Gasteiger partial charge in [0.15, 0.2) is 0 Å². The lowest BCUT2D eigenvalue weighted by atomic mass is 9.91. The number of ether oxygens (including phenoxy) is 1. The fraction of sp³-hybridized carbons (Fsp3) is 0.520. The molecular weight excluding hydrogens is 418 g/mol. The number of carbonyl (C=O) groups is 2. The molecule has 0 atom stereocenters. The van der Waals surface area contributed by atoms with Crippen LogP contribution in [0.3, 0.4) is 0 Å². The molecule has 2 amide bonds. The van der Waals surface area contributed by atoms with E-state index in [1.807, 2.05) is 29.2 Å². The quantitative estimate of drug-likeness (QED) is 0.726. The second-order valence-electron chi connectivity index (χ2n) is 10.1. The van der Waals surface area contributed by atoms with Gasteiger partial charge in [-0.2, -0.15) is 10.2 Å². The number of benzene rings is 1. The van der Waals surface area contributed by atoms with Crippen molar-refractivity contribution < 1.29 is 14.3 Å². The Kier molecular flexibility index (Phi) is 6.93. The number of nitrogens with zero attached hydrogens (tertiary/aromatic N) is 4. The molecule has 1 N–H and O–H groups in total. The van der Waals surface area contributed by atoms with Crippen molar-refractivity contribution in [2.45, 2.75) is 46.1 Å². The Balaban J connectivity index is 1.38. The lowest BCUT2D eigenvalue weighted by Crippen LogP contribution is -2.51. The fourth-order valence-corrected chi connectivity index (χ4v) is 4.12. The van der Waals surface area contributed by atoms with Crippen LogP contribution in [0.4, 0.5) is 11.4 Å². The minimum absolute atomic E-state index is 0.00289. The smallest absolute Gasteiger partial charge is 0.237 e. The van der Waals surface area contributed by atoms with E-state index in [0.717, 1.165) is 37.4 Å². The van der Waals surface area contributed by atoms with Crippen LogP contribution in [0, 0.1) is 11.3 Å². The van der Waals surface area contributed by atoms with E-state index < -0.39 is 0 Å². The highest BCUT2D eigenvalue weighted by Crippen LogP contribution is 2.30. The van der Waals surface area contributed by atoms with Crippen LogP contribution in [0.25, 0.3) is 0 Å². The van der Waals surface area contributed by atoms with Crippen LogP contribution < -0.4 is 15.0 Å². The Labute approximate surface area is 195 Å². The third kappa shape index (κ3) is 5.87. The number of hydrogen-bond acceptors (Lipinski definition) is 6. The van der Waals surface area contributed by atoms with Gasteiger partial charge in [-0.15, -0.1) is 0 Å². The lowest BCUT2D eigenvalue weighted by Gasteiger charge is -2.34. The van der Waals surface area contributed by atoms with Gasteiger partial charge in [0, 0.05) is 51.1 Å². The minimum Gasteiger partial charge on any atom is -0.490 e. The Hall–Kier alpha value is -3.00. The second-order valence-corrected chi connectivity index (χ2v) is 10.1. The lowest BCUT2D eigenvalue weighted by molar-refractivity contribution is -0.134. The highest BCUT2D eigenvalue weighted by atomic mass is 16.5. The molecule has 0 radical (unpaired) electrons. The van der Waals surface area contributed by atoms with Gasteiger partial charge in [-0.25, -0.2) is 0 Å². The standard InChI is InChI=1S/C25H33N5O3/c1-25(2,3)14-23(31)29-12-9-22(10-13-29)33-21-6-4-19(5-7-21)30(20-8-11-27-28-17-20)24(32)18-15-26-16-18/h4-8,11,17-18,22,26H,9-10,12-16H2,1-3H3. The van der Waals surface area contributed by atoms with Gasteiger partial charge in [-0.05, 0) is 35.7 Å². The summed E-state index contributed by atoms with van der Waals surface area (Å²) in [6.07, 6.45) is 5.48. The van der Waals surface area contributed by atoms with E-state index in [2.05, 4.69) is 36.3 Å². The minimum atomic E-state index is -0.0414. The number of likely N-dealkylation sites (tertiary alicyclic amines) is 1. The van der Waals surface area contributed by atoms with Crippen molar-refractivity contribution in [2.24, 2.45) is 11.3 Å². The largest absolute Gasteiger partial charge is 0.490 e. The summed E-state index contributed by atoms with van der Waals surface area (Å²) in [5.41, 5.74) is 1.47. The molecule has 8 nitrogen and oxygen atoms in total. The zero-order valence-electron chi connectivity index (χ0n) is 19.7. The Bertz CT molecular complexity index is 946. The number of anilines is 2. The monoisotopic (exact) mass is 451 g/mol. The third-order valence-corrected chi connectivity index (χ3v) is 6.05. The SMILES string of the molecule is CC(C)(C)CC(=O)N1CCC(Oc2ccc(N(C(=O)C3CNC3)c3ccnnc3)cc2)CC1. The van der Waals surface area contributed by atoms with E-state index in [1.165, 1.54) is 0 Å². The number of piperidine rings is 1. The van der Waals surface area contributed by atoms with Crippen LogP contribution >= 0.6 is 0 Å². The van der Waals surface area contributed by atoms with Gasteiger partial charge in [0.05, 0.1) is 24.0 Å². The molecule has 2 aliphatic heterocycles. The van der Waals surface area contributed by atoms with E-state index in [9.17, 15) is 9.59 Å². The van der Waals surface area contributed by atoms with Gasteiger partial charge >= 0.3 is 0 Å². The highest BCUT2D eigenvalue weighted by molar-refractivity contribution is 6.02. The van der Waals surface area contributed by atoms with Crippen molar-refractivity contribution in [3.8, 4) is 5.75 Å². The van der Waals surface area contributed by atoms with Crippen LogP contribution in [-0.4, -0.2) is 59.2 Å². The van der Waals surface area contributed by atoms with Crippen LogP contribution in [0.2, 0.25) is 0 Å². The summed E-state index contributed by atoms with van der Waals surface area (Å²) in [5, 5.41) is 10.9. The molecule has 1 aromatic heterocycles. The Morgan fingerprint density at radius 3 is 2.30 bits per heavy atom. The number of hydrogen-bond donors (Lipinski definition) is 1. The molecule has 0 bridgehead atoms. The maximum Gasteiger partial charge on any atom is 0.237 e. The van der Waals surface area contributed by atoms with Gasteiger partial charge in [0.25, 0.3) is 0 Å². The summed E-state index contributed by atoms with van der Waals surface area (Å²) in [5.74, 6) is 0.995. The normalized spacial score (nSPS) is 17.4. The van der Waals surface area contributed by atoms with Crippen molar-refractivity contribution in [1.82, 2.24) is 20.4 Å². The third-order valence-electron chi connectivity index (χ3n) is 6.05. The van der Waals surface area contributed by atoms with Crippen LogP contribution in [0.1, 0.15) is 40.0 Å². The molecule has 1 aromatic carbocycles. The predicted molar refractivity (Wildman–Crippen MR) is 126 cm³/mol. The molecule has 0 unspecified atom stereocenters. The zero-order valence-corrected chi connectivity index (χ0v) is 19.7. The summed E-state index contributed by atoms with van der Waals surface area (Å²) in [6.45, 7) is 9.10. The first-order valence-electron chi connectivity index (χ1n) is 11.7. The highest BCUT2D eigenvalue weighted by Gasteiger charge is 2.31. The summed E-state index contributed by atoms with van der Waals surface area (Å²) >= 11 is 0. The molecule has 0 aliphatic carbocycles. The summed E-state index contributed by atoms with van der Waals surface area (Å²) in [6, 6.07) is 9.40. The first-order chi connectivity index (χ1) is 15.8. The van der Waals surface area contributed by atoms with Crippen LogP contribution in [0.15, 0.2) is 42.7 Å². The number of nitrogens with one attached hydrogen (secondary N) is 1. The molecule has 0 spiro atoms. The first kappa shape index (κ1) is 23.2. The second kappa shape index (κ2) is 9.87. The molecule has 2 saturated heterocycles. The van der Waals surface area contributed by atoms with Crippen molar-refractivity contribution >= 4 is 23.2 Å². The average molecular weight is 452 g/mol. The van der Waals surface area contributed by atoms with Gasteiger partial charge in [-0.3, -0.25) is 14.5 Å². The molecule has 0 saturated carbocycles. The molecule has 2 aromatic rings. The number of rotatable bonds is 6. The fourth-order valence-electron chi connectivity index (χ4n) is 4.12. The van der Waals surface area contributed by atoms with Gasteiger partial charge in [0.2, 0.25) is 11.8 Å². The molecule has 176 valence electrons. The van der Waals surface area contributed by atoms with E-state index in [-0.39, 0.29) is 29.3 Å². The van der Waals surface area contributed by atoms with E-state index in [4.69, 9.17) is 4.74 Å². The van der Waals surface area contributed by atoms with E-state index in [1.54, 1.807) is 23.4 Å².